The third kappa shape index (κ3) is 2.29. The van der Waals surface area contributed by atoms with Crippen molar-refractivity contribution in [1.29, 1.82) is 0 Å². The van der Waals surface area contributed by atoms with Crippen molar-refractivity contribution in [1.82, 2.24) is 0 Å². The smallest absolute Gasteiger partial charge is 0.105 e. The Kier molecular flexibility index (Phi) is 3.63. The molecule has 0 spiro atoms. The van der Waals surface area contributed by atoms with Gasteiger partial charge in [0.25, 0.3) is 0 Å². The highest BCUT2D eigenvalue weighted by atomic mass is 79.9. The van der Waals surface area contributed by atoms with Crippen LogP contribution < -0.4 is 0 Å². The standard InChI is InChI=1S/C12H9BrCl2O/c1-7-9(4-5-16-7)12(13)10-6-8(14)2-3-11(10)15/h2-6,12H,1H3. The third-order valence-electron chi connectivity index (χ3n) is 2.40. The highest BCUT2D eigenvalue weighted by Crippen LogP contribution is 2.38. The van der Waals surface area contributed by atoms with Gasteiger partial charge in [0.05, 0.1) is 11.1 Å². The minimum Gasteiger partial charge on any atom is -0.469 e. The zero-order valence-electron chi connectivity index (χ0n) is 8.51. The van der Waals surface area contributed by atoms with Crippen LogP contribution in [0.15, 0.2) is 34.9 Å². The second-order valence-corrected chi connectivity index (χ2v) is 5.22. The highest BCUT2D eigenvalue weighted by molar-refractivity contribution is 9.09. The molecular formula is C12H9BrCl2O. The van der Waals surface area contributed by atoms with Gasteiger partial charge >= 0.3 is 0 Å². The molecule has 4 heteroatoms. The van der Waals surface area contributed by atoms with Crippen molar-refractivity contribution < 1.29 is 4.42 Å². The van der Waals surface area contributed by atoms with Gasteiger partial charge in [-0.15, -0.1) is 0 Å². The number of furan rings is 1. The van der Waals surface area contributed by atoms with E-state index in [1.54, 1.807) is 18.4 Å². The predicted octanol–water partition coefficient (Wildman–Crippen LogP) is 5.38. The molecule has 1 aromatic carbocycles. The molecule has 0 radical (unpaired) electrons. The molecule has 1 unspecified atom stereocenters. The number of hydrogen-bond donors (Lipinski definition) is 0. The molecule has 84 valence electrons. The first-order chi connectivity index (χ1) is 7.59. The molecule has 0 aliphatic carbocycles. The van der Waals surface area contributed by atoms with Crippen molar-refractivity contribution in [3.8, 4) is 0 Å². The molecule has 16 heavy (non-hydrogen) atoms. The monoisotopic (exact) mass is 318 g/mol. The first-order valence-electron chi connectivity index (χ1n) is 4.72. The summed E-state index contributed by atoms with van der Waals surface area (Å²) in [6.07, 6.45) is 1.66. The molecule has 1 aromatic heterocycles. The fraction of sp³-hybridized carbons (Fsp3) is 0.167. The molecular weight excluding hydrogens is 311 g/mol. The zero-order chi connectivity index (χ0) is 11.7. The molecule has 1 nitrogen and oxygen atoms in total. The Balaban J connectivity index is 2.45. The summed E-state index contributed by atoms with van der Waals surface area (Å²) in [6, 6.07) is 7.35. The Morgan fingerprint density at radius 2 is 1.94 bits per heavy atom. The van der Waals surface area contributed by atoms with E-state index in [-0.39, 0.29) is 4.83 Å². The summed E-state index contributed by atoms with van der Waals surface area (Å²) in [5.41, 5.74) is 2.00. The van der Waals surface area contributed by atoms with Crippen molar-refractivity contribution in [2.75, 3.05) is 0 Å². The van der Waals surface area contributed by atoms with Crippen LogP contribution in [0.1, 0.15) is 21.7 Å². The Hall–Kier alpha value is -0.440. The maximum atomic E-state index is 6.14. The molecule has 0 fully saturated rings. The maximum absolute atomic E-state index is 6.14. The van der Waals surface area contributed by atoms with E-state index in [9.17, 15) is 0 Å². The molecule has 2 rings (SSSR count). The summed E-state index contributed by atoms with van der Waals surface area (Å²) >= 11 is 15.7. The molecule has 0 bridgehead atoms. The fourth-order valence-corrected chi connectivity index (χ4v) is 2.93. The van der Waals surface area contributed by atoms with Gasteiger partial charge in [0.15, 0.2) is 0 Å². The second kappa shape index (κ2) is 4.82. The van der Waals surface area contributed by atoms with E-state index < -0.39 is 0 Å². The molecule has 0 aliphatic rings. The number of alkyl halides is 1. The quantitative estimate of drug-likeness (QED) is 0.677. The SMILES string of the molecule is Cc1occc1C(Br)c1cc(Cl)ccc1Cl. The Bertz CT molecular complexity index is 507. The van der Waals surface area contributed by atoms with E-state index in [0.29, 0.717) is 10.0 Å². The van der Waals surface area contributed by atoms with Gasteiger partial charge in [0.1, 0.15) is 5.76 Å². The van der Waals surface area contributed by atoms with Gasteiger partial charge in [-0.25, -0.2) is 0 Å². The first kappa shape index (κ1) is 12.0. The topological polar surface area (TPSA) is 13.1 Å². The van der Waals surface area contributed by atoms with E-state index in [0.717, 1.165) is 16.9 Å². The summed E-state index contributed by atoms with van der Waals surface area (Å²) in [5, 5.41) is 1.36. The summed E-state index contributed by atoms with van der Waals surface area (Å²) in [4.78, 5) is -0.00236. The molecule has 0 aliphatic heterocycles. The van der Waals surface area contributed by atoms with Crippen LogP contribution in [0.5, 0.6) is 0 Å². The number of hydrogen-bond acceptors (Lipinski definition) is 1. The average Bonchev–Trinajstić information content (AvgIpc) is 2.67. The molecule has 1 heterocycles. The van der Waals surface area contributed by atoms with E-state index in [1.165, 1.54) is 0 Å². The predicted molar refractivity (Wildman–Crippen MR) is 70.7 cm³/mol. The van der Waals surface area contributed by atoms with Crippen LogP contribution >= 0.6 is 39.1 Å². The number of benzene rings is 1. The van der Waals surface area contributed by atoms with Gasteiger partial charge in [-0.3, -0.25) is 0 Å². The number of halogens is 3. The van der Waals surface area contributed by atoms with Crippen molar-refractivity contribution in [3.05, 3.63) is 57.5 Å². The van der Waals surface area contributed by atoms with Crippen LogP contribution in [-0.4, -0.2) is 0 Å². The lowest BCUT2D eigenvalue weighted by molar-refractivity contribution is 0.530. The van der Waals surface area contributed by atoms with Gasteiger partial charge in [-0.05, 0) is 36.8 Å². The van der Waals surface area contributed by atoms with E-state index >= 15 is 0 Å². The van der Waals surface area contributed by atoms with E-state index in [4.69, 9.17) is 27.6 Å². The summed E-state index contributed by atoms with van der Waals surface area (Å²) in [5.74, 6) is 0.873. The zero-order valence-corrected chi connectivity index (χ0v) is 11.6. The van der Waals surface area contributed by atoms with Gasteiger partial charge in [0.2, 0.25) is 0 Å². The van der Waals surface area contributed by atoms with Crippen molar-refractivity contribution in [2.45, 2.75) is 11.8 Å². The van der Waals surface area contributed by atoms with E-state index in [2.05, 4.69) is 15.9 Å². The fourth-order valence-electron chi connectivity index (χ4n) is 1.53. The lowest BCUT2D eigenvalue weighted by Gasteiger charge is -2.11. The van der Waals surface area contributed by atoms with Crippen molar-refractivity contribution in [2.24, 2.45) is 0 Å². The van der Waals surface area contributed by atoms with Gasteiger partial charge in [-0.2, -0.15) is 0 Å². The molecule has 0 saturated heterocycles. The van der Waals surface area contributed by atoms with Crippen molar-refractivity contribution in [3.63, 3.8) is 0 Å². The Morgan fingerprint density at radius 1 is 1.19 bits per heavy atom. The minimum atomic E-state index is -0.00236. The summed E-state index contributed by atoms with van der Waals surface area (Å²) in [6.45, 7) is 1.92. The van der Waals surface area contributed by atoms with Crippen LogP contribution in [0.25, 0.3) is 0 Å². The third-order valence-corrected chi connectivity index (χ3v) is 3.97. The number of aryl methyl sites for hydroxylation is 1. The molecule has 1 atom stereocenters. The molecule has 2 aromatic rings. The lowest BCUT2D eigenvalue weighted by Crippen LogP contribution is -1.94. The molecule has 0 amide bonds. The van der Waals surface area contributed by atoms with Crippen LogP contribution in [0, 0.1) is 6.92 Å². The number of rotatable bonds is 2. The largest absolute Gasteiger partial charge is 0.469 e. The maximum Gasteiger partial charge on any atom is 0.105 e. The summed E-state index contributed by atoms with van der Waals surface area (Å²) in [7, 11) is 0. The van der Waals surface area contributed by atoms with Crippen molar-refractivity contribution >= 4 is 39.1 Å². The van der Waals surface area contributed by atoms with Gasteiger partial charge in [-0.1, -0.05) is 39.1 Å². The van der Waals surface area contributed by atoms with Crippen LogP contribution in [0.2, 0.25) is 10.0 Å². The minimum absolute atomic E-state index is 0.00236. The van der Waals surface area contributed by atoms with Crippen LogP contribution in [0.3, 0.4) is 0 Å². The van der Waals surface area contributed by atoms with Gasteiger partial charge in [0, 0.05) is 15.6 Å². The van der Waals surface area contributed by atoms with Crippen LogP contribution in [-0.2, 0) is 0 Å². The Morgan fingerprint density at radius 3 is 2.56 bits per heavy atom. The summed E-state index contributed by atoms with van der Waals surface area (Å²) < 4.78 is 5.27. The first-order valence-corrected chi connectivity index (χ1v) is 6.40. The average molecular weight is 320 g/mol. The normalized spacial score (nSPS) is 12.8. The second-order valence-electron chi connectivity index (χ2n) is 3.46. The van der Waals surface area contributed by atoms with Crippen LogP contribution in [0.4, 0.5) is 0 Å². The van der Waals surface area contributed by atoms with Gasteiger partial charge < -0.3 is 4.42 Å². The molecule has 0 N–H and O–H groups in total. The highest BCUT2D eigenvalue weighted by Gasteiger charge is 2.17. The Labute approximate surface area is 112 Å². The van der Waals surface area contributed by atoms with E-state index in [1.807, 2.05) is 19.1 Å². The lowest BCUT2D eigenvalue weighted by atomic mass is 10.1. The molecule has 0 saturated carbocycles.